The van der Waals surface area contributed by atoms with Gasteiger partial charge in [-0.1, -0.05) is 0 Å². The molecule has 1 nitrogen and oxygen atoms in total. The molecule has 3 heterocycles. The molecule has 3 aliphatic heterocycles. The van der Waals surface area contributed by atoms with Gasteiger partial charge < -0.3 is 4.90 Å². The second-order valence-electron chi connectivity index (χ2n) is 3.91. The molecule has 10 heavy (non-hydrogen) atoms. The summed E-state index contributed by atoms with van der Waals surface area (Å²) >= 11 is 0. The van der Waals surface area contributed by atoms with Crippen LogP contribution in [0.2, 0.25) is 0 Å². The van der Waals surface area contributed by atoms with Crippen LogP contribution in [0.4, 0.5) is 0 Å². The molecule has 0 aromatic heterocycles. The van der Waals surface area contributed by atoms with Gasteiger partial charge in [0.15, 0.2) is 0 Å². The molecule has 0 unspecified atom stereocenters. The third-order valence-corrected chi connectivity index (χ3v) is 3.27. The third-order valence-electron chi connectivity index (χ3n) is 3.27. The van der Waals surface area contributed by atoms with Crippen LogP contribution in [-0.2, 0) is 0 Å². The Morgan fingerprint density at radius 1 is 1.00 bits per heavy atom. The first kappa shape index (κ1) is 6.66. The van der Waals surface area contributed by atoms with Gasteiger partial charge >= 0.3 is 0 Å². The number of nitrogens with zero attached hydrogens (tertiary/aromatic N) is 1. The summed E-state index contributed by atoms with van der Waals surface area (Å²) in [6.07, 6.45) is 5.90. The summed E-state index contributed by atoms with van der Waals surface area (Å²) in [6, 6.07) is 0.882. The molecule has 0 aromatic carbocycles. The van der Waals surface area contributed by atoms with Crippen LogP contribution in [0.3, 0.4) is 0 Å². The van der Waals surface area contributed by atoms with Gasteiger partial charge in [0.25, 0.3) is 0 Å². The number of hydrogen-bond acceptors (Lipinski definition) is 1. The lowest BCUT2D eigenvalue weighted by atomic mass is 9.95. The molecule has 3 saturated heterocycles. The smallest absolute Gasteiger partial charge is 0.00670 e. The van der Waals surface area contributed by atoms with E-state index in [1.807, 2.05) is 0 Å². The van der Waals surface area contributed by atoms with Gasteiger partial charge in [-0.2, -0.15) is 0 Å². The van der Waals surface area contributed by atoms with Crippen molar-refractivity contribution in [3.63, 3.8) is 0 Å². The van der Waals surface area contributed by atoms with Crippen molar-refractivity contribution in [2.45, 2.75) is 38.6 Å². The summed E-state index contributed by atoms with van der Waals surface area (Å²) in [4.78, 5) is 2.66. The molecule has 0 amide bonds. The van der Waals surface area contributed by atoms with Crippen molar-refractivity contribution >= 4 is 0 Å². The minimum Gasteiger partial charge on any atom is -0.301 e. The molecule has 0 spiro atoms. The van der Waals surface area contributed by atoms with E-state index in [4.69, 9.17) is 0 Å². The Bertz CT molecular complexity index is 114. The highest BCUT2D eigenvalue weighted by atomic mass is 15.2. The molecule has 2 bridgehead atoms. The lowest BCUT2D eigenvalue weighted by molar-refractivity contribution is 0.179. The average molecular weight is 139 g/mol. The monoisotopic (exact) mass is 139 g/mol. The van der Waals surface area contributed by atoms with Crippen LogP contribution in [0.5, 0.6) is 0 Å². The lowest BCUT2D eigenvalue weighted by Crippen LogP contribution is -2.35. The largest absolute Gasteiger partial charge is 0.301 e. The summed E-state index contributed by atoms with van der Waals surface area (Å²) in [5, 5.41) is 0. The maximum Gasteiger partial charge on any atom is 0.00670 e. The van der Waals surface area contributed by atoms with Crippen molar-refractivity contribution in [3.05, 3.63) is 0 Å². The van der Waals surface area contributed by atoms with Crippen LogP contribution in [0.15, 0.2) is 0 Å². The Hall–Kier alpha value is -0.0400. The zero-order chi connectivity index (χ0) is 6.97. The summed E-state index contributed by atoms with van der Waals surface area (Å²) in [7, 11) is 0. The van der Waals surface area contributed by atoms with Crippen LogP contribution in [-0.4, -0.2) is 24.0 Å². The van der Waals surface area contributed by atoms with Crippen LogP contribution >= 0.6 is 0 Å². The predicted molar refractivity (Wildman–Crippen MR) is 43.0 cm³/mol. The second kappa shape index (κ2) is 2.54. The number of rotatable bonds is 0. The fraction of sp³-hybridized carbons (Fsp3) is 1.00. The van der Waals surface area contributed by atoms with E-state index in [0.717, 1.165) is 12.0 Å². The van der Waals surface area contributed by atoms with Crippen molar-refractivity contribution in [1.82, 2.24) is 4.90 Å². The number of fused-ring (bicyclic) bond motifs is 4. The summed E-state index contributed by atoms with van der Waals surface area (Å²) in [5.74, 6) is 1.08. The van der Waals surface area contributed by atoms with Gasteiger partial charge in [0.05, 0.1) is 0 Å². The van der Waals surface area contributed by atoms with E-state index < -0.39 is 0 Å². The van der Waals surface area contributed by atoms with E-state index in [1.165, 1.54) is 38.8 Å². The lowest BCUT2D eigenvalue weighted by Gasteiger charge is -2.30. The summed E-state index contributed by atoms with van der Waals surface area (Å²) in [6.45, 7) is 5.14. The number of piperidine rings is 1. The van der Waals surface area contributed by atoms with E-state index in [1.54, 1.807) is 0 Å². The molecule has 1 heteroatoms. The zero-order valence-electron chi connectivity index (χ0n) is 6.84. The molecule has 0 radical (unpaired) electrons. The first-order chi connectivity index (χ1) is 4.86. The Morgan fingerprint density at radius 3 is 2.40 bits per heavy atom. The predicted octanol–water partition coefficient (Wildman–Crippen LogP) is 1.88. The standard InChI is InChI=1S/C9H17N/c1-8-2-3-9-4-6-10(8)7-5-9/h8-9H,2-7H2,1H3/t8-/m1/s1. The maximum absolute atomic E-state index is 2.66. The molecular weight excluding hydrogens is 122 g/mol. The molecule has 0 saturated carbocycles. The number of hydrogen-bond donors (Lipinski definition) is 0. The first-order valence-corrected chi connectivity index (χ1v) is 4.60. The highest BCUT2D eigenvalue weighted by molar-refractivity contribution is 4.81. The normalized spacial score (nSPS) is 47.1. The quantitative estimate of drug-likeness (QED) is 0.495. The van der Waals surface area contributed by atoms with E-state index in [-0.39, 0.29) is 0 Å². The SMILES string of the molecule is C[C@@H]1CCC2CCN1CC2. The van der Waals surface area contributed by atoms with Gasteiger partial charge in [-0.15, -0.1) is 0 Å². The zero-order valence-corrected chi connectivity index (χ0v) is 6.84. The minimum absolute atomic E-state index is 0.882. The van der Waals surface area contributed by atoms with E-state index in [0.29, 0.717) is 0 Å². The topological polar surface area (TPSA) is 3.24 Å². The fourth-order valence-corrected chi connectivity index (χ4v) is 2.34. The Labute approximate surface area is 63.4 Å². The fourth-order valence-electron chi connectivity index (χ4n) is 2.34. The van der Waals surface area contributed by atoms with Gasteiger partial charge in [-0.05, 0) is 51.6 Å². The second-order valence-corrected chi connectivity index (χ2v) is 3.91. The maximum atomic E-state index is 2.66. The van der Waals surface area contributed by atoms with Gasteiger partial charge in [0.1, 0.15) is 0 Å². The van der Waals surface area contributed by atoms with Gasteiger partial charge in [-0.25, -0.2) is 0 Å². The van der Waals surface area contributed by atoms with Crippen molar-refractivity contribution in [2.75, 3.05) is 13.1 Å². The highest BCUT2D eigenvalue weighted by Crippen LogP contribution is 2.29. The van der Waals surface area contributed by atoms with Crippen LogP contribution < -0.4 is 0 Å². The average Bonchev–Trinajstić information content (AvgIpc) is 2.24. The molecule has 0 aliphatic carbocycles. The first-order valence-electron chi connectivity index (χ1n) is 4.60. The molecule has 3 aliphatic rings. The van der Waals surface area contributed by atoms with Gasteiger partial charge in [0, 0.05) is 6.04 Å². The Morgan fingerprint density at radius 2 is 1.70 bits per heavy atom. The molecular formula is C9H17N. The molecule has 0 N–H and O–H groups in total. The van der Waals surface area contributed by atoms with E-state index >= 15 is 0 Å². The van der Waals surface area contributed by atoms with Crippen LogP contribution in [0, 0.1) is 5.92 Å². The molecule has 3 rings (SSSR count). The van der Waals surface area contributed by atoms with Crippen molar-refractivity contribution in [1.29, 1.82) is 0 Å². The third kappa shape index (κ3) is 1.07. The summed E-state index contributed by atoms with van der Waals surface area (Å²) in [5.41, 5.74) is 0. The Balaban J connectivity index is 2.07. The Kier molecular flexibility index (Phi) is 1.69. The van der Waals surface area contributed by atoms with Crippen molar-refractivity contribution in [2.24, 2.45) is 5.92 Å². The van der Waals surface area contributed by atoms with Gasteiger partial charge in [0.2, 0.25) is 0 Å². The minimum atomic E-state index is 0.882. The van der Waals surface area contributed by atoms with E-state index in [9.17, 15) is 0 Å². The van der Waals surface area contributed by atoms with Crippen LogP contribution in [0.25, 0.3) is 0 Å². The van der Waals surface area contributed by atoms with Crippen molar-refractivity contribution < 1.29 is 0 Å². The molecule has 3 fully saturated rings. The highest BCUT2D eigenvalue weighted by Gasteiger charge is 2.26. The molecule has 1 atom stereocenters. The molecule has 58 valence electrons. The summed E-state index contributed by atoms with van der Waals surface area (Å²) < 4.78 is 0. The van der Waals surface area contributed by atoms with E-state index in [2.05, 4.69) is 11.8 Å². The van der Waals surface area contributed by atoms with Crippen LogP contribution in [0.1, 0.15) is 32.6 Å². The molecule has 0 aromatic rings. The van der Waals surface area contributed by atoms with Crippen molar-refractivity contribution in [3.8, 4) is 0 Å². The van der Waals surface area contributed by atoms with Gasteiger partial charge in [-0.3, -0.25) is 0 Å².